The molecule has 1 amide bonds. The minimum absolute atomic E-state index is 0.103. The van der Waals surface area contributed by atoms with Gasteiger partial charge in [0.05, 0.1) is 6.10 Å². The minimum Gasteiger partial charge on any atom is -0.507 e. The molecule has 0 atom stereocenters. The zero-order valence-electron chi connectivity index (χ0n) is 18.3. The summed E-state index contributed by atoms with van der Waals surface area (Å²) in [7, 11) is -3.87. The average Bonchev–Trinajstić information content (AvgIpc) is 3.48. The number of amides is 1. The van der Waals surface area contributed by atoms with Crippen LogP contribution in [0.25, 0.3) is 0 Å². The summed E-state index contributed by atoms with van der Waals surface area (Å²) in [5.41, 5.74) is 1.68. The Kier molecular flexibility index (Phi) is 6.75. The second kappa shape index (κ2) is 9.17. The maximum Gasteiger partial charge on any atom is 0.397 e. The van der Waals surface area contributed by atoms with E-state index in [9.17, 15) is 23.1 Å². The highest BCUT2D eigenvalue weighted by atomic mass is 32.2. The zero-order valence-corrected chi connectivity index (χ0v) is 19.1. The normalized spacial score (nSPS) is 13.7. The number of phenols is 1. The van der Waals surface area contributed by atoms with Crippen LogP contribution in [0.3, 0.4) is 0 Å². The van der Waals surface area contributed by atoms with Crippen molar-refractivity contribution in [3.8, 4) is 17.2 Å². The van der Waals surface area contributed by atoms with E-state index in [1.165, 1.54) is 18.2 Å². The largest absolute Gasteiger partial charge is 0.507 e. The van der Waals surface area contributed by atoms with Crippen LogP contribution in [-0.2, 0) is 24.3 Å². The summed E-state index contributed by atoms with van der Waals surface area (Å²) >= 11 is 0. The summed E-state index contributed by atoms with van der Waals surface area (Å²) in [5.74, 6) is -1.55. The van der Waals surface area contributed by atoms with Crippen molar-refractivity contribution >= 4 is 27.6 Å². The Hall–Kier alpha value is -3.11. The average molecular weight is 463 g/mol. The van der Waals surface area contributed by atoms with Crippen molar-refractivity contribution in [2.45, 2.75) is 57.6 Å². The number of carbonyl (C=O) groups excluding carboxylic acids is 2. The van der Waals surface area contributed by atoms with E-state index >= 15 is 0 Å². The van der Waals surface area contributed by atoms with E-state index in [0.717, 1.165) is 12.8 Å². The molecule has 2 aromatic carbocycles. The number of ether oxygens (including phenoxy) is 2. The molecular weight excluding hydrogens is 436 g/mol. The van der Waals surface area contributed by atoms with Gasteiger partial charge in [-0.1, -0.05) is 0 Å². The minimum atomic E-state index is -3.87. The third-order valence-electron chi connectivity index (χ3n) is 4.59. The van der Waals surface area contributed by atoms with E-state index in [1.54, 1.807) is 39.8 Å². The molecule has 0 heterocycles. The Bertz CT molecular complexity index is 1130. The fourth-order valence-electron chi connectivity index (χ4n) is 3.01. The molecule has 9 nitrogen and oxygen atoms in total. The molecule has 0 bridgehead atoms. The van der Waals surface area contributed by atoms with Crippen molar-refractivity contribution in [2.75, 3.05) is 5.32 Å². The van der Waals surface area contributed by atoms with Gasteiger partial charge in [0.1, 0.15) is 22.1 Å². The highest BCUT2D eigenvalue weighted by Crippen LogP contribution is 2.35. The molecule has 3 N–H and O–H groups in total. The van der Waals surface area contributed by atoms with Crippen LogP contribution in [0.2, 0.25) is 0 Å². The summed E-state index contributed by atoms with van der Waals surface area (Å²) in [6.07, 6.45) is 1.13. The first-order valence-corrected chi connectivity index (χ1v) is 11.6. The van der Waals surface area contributed by atoms with Gasteiger partial charge in [0.15, 0.2) is 0 Å². The van der Waals surface area contributed by atoms with Crippen molar-refractivity contribution in [3.05, 3.63) is 41.5 Å². The fourth-order valence-corrected chi connectivity index (χ4v) is 4.42. The lowest BCUT2D eigenvalue weighted by atomic mass is 10.1. The molecule has 0 aliphatic heterocycles. The summed E-state index contributed by atoms with van der Waals surface area (Å²) in [6.45, 7) is 6.79. The van der Waals surface area contributed by atoms with E-state index in [0.29, 0.717) is 22.6 Å². The van der Waals surface area contributed by atoms with Crippen molar-refractivity contribution in [1.82, 2.24) is 4.72 Å². The van der Waals surface area contributed by atoms with Gasteiger partial charge in [0.25, 0.3) is 0 Å². The van der Waals surface area contributed by atoms with Gasteiger partial charge >= 0.3 is 11.9 Å². The van der Waals surface area contributed by atoms with E-state index in [-0.39, 0.29) is 22.4 Å². The number of esters is 1. The Morgan fingerprint density at radius 3 is 2.28 bits per heavy atom. The van der Waals surface area contributed by atoms with E-state index in [1.807, 2.05) is 0 Å². The Labute approximate surface area is 186 Å². The maximum absolute atomic E-state index is 12.5. The van der Waals surface area contributed by atoms with Crippen LogP contribution in [-0.4, -0.2) is 37.5 Å². The molecule has 0 aromatic heterocycles. The van der Waals surface area contributed by atoms with Crippen LogP contribution >= 0.6 is 0 Å². The molecule has 172 valence electrons. The molecule has 1 aliphatic carbocycles. The number of aryl methyl sites for hydroxylation is 2. The summed E-state index contributed by atoms with van der Waals surface area (Å²) in [5, 5.41) is 12.5. The Morgan fingerprint density at radius 1 is 1.09 bits per heavy atom. The van der Waals surface area contributed by atoms with Gasteiger partial charge in [-0.25, -0.2) is 17.9 Å². The van der Waals surface area contributed by atoms with Crippen molar-refractivity contribution in [3.63, 3.8) is 0 Å². The molecule has 1 aliphatic rings. The third kappa shape index (κ3) is 5.77. The molecule has 0 saturated heterocycles. The summed E-state index contributed by atoms with van der Waals surface area (Å²) in [6, 6.07) is 7.12. The van der Waals surface area contributed by atoms with Crippen LogP contribution in [0.4, 0.5) is 5.69 Å². The van der Waals surface area contributed by atoms with Crippen molar-refractivity contribution in [1.29, 1.82) is 0 Å². The Balaban J connectivity index is 1.80. The van der Waals surface area contributed by atoms with Crippen LogP contribution in [0.1, 0.15) is 37.8 Å². The van der Waals surface area contributed by atoms with Crippen LogP contribution in [0, 0.1) is 13.8 Å². The molecule has 0 spiro atoms. The number of hydrogen-bond donors (Lipinski definition) is 3. The second-order valence-electron chi connectivity index (χ2n) is 7.97. The number of nitrogens with one attached hydrogen (secondary N) is 2. The maximum atomic E-state index is 12.5. The first-order valence-electron chi connectivity index (χ1n) is 10.1. The number of carbonyl (C=O) groups is 2. The SMILES string of the molecule is Cc1cc(NC(=O)C(=O)OC(C)C)cc(C)c1Oc1ccc(O)c(S(=O)(=O)NC2CC2)c1. The third-order valence-corrected chi connectivity index (χ3v) is 6.14. The van der Waals surface area contributed by atoms with Gasteiger partial charge < -0.3 is 19.9 Å². The smallest absolute Gasteiger partial charge is 0.397 e. The number of sulfonamides is 1. The second-order valence-corrected chi connectivity index (χ2v) is 9.66. The van der Waals surface area contributed by atoms with Gasteiger partial charge in [-0.15, -0.1) is 0 Å². The van der Waals surface area contributed by atoms with E-state index in [4.69, 9.17) is 9.47 Å². The van der Waals surface area contributed by atoms with E-state index < -0.39 is 28.0 Å². The molecule has 1 saturated carbocycles. The molecular formula is C22H26N2O7S. The highest BCUT2D eigenvalue weighted by Gasteiger charge is 2.30. The molecule has 1 fully saturated rings. The van der Waals surface area contributed by atoms with Crippen molar-refractivity contribution < 1.29 is 32.6 Å². The van der Waals surface area contributed by atoms with Gasteiger partial charge in [-0.2, -0.15) is 0 Å². The summed E-state index contributed by atoms with van der Waals surface area (Å²) in [4.78, 5) is 23.4. The van der Waals surface area contributed by atoms with Crippen molar-refractivity contribution in [2.24, 2.45) is 0 Å². The van der Waals surface area contributed by atoms with Gasteiger partial charge in [-0.05, 0) is 75.9 Å². The predicted octanol–water partition coefficient (Wildman–Crippen LogP) is 3.13. The lowest BCUT2D eigenvalue weighted by molar-refractivity contribution is -0.155. The van der Waals surface area contributed by atoms with Gasteiger partial charge in [-0.3, -0.25) is 4.79 Å². The first kappa shape index (κ1) is 23.6. The number of benzene rings is 2. The van der Waals surface area contributed by atoms with Crippen LogP contribution in [0.5, 0.6) is 17.2 Å². The monoisotopic (exact) mass is 462 g/mol. The van der Waals surface area contributed by atoms with Crippen LogP contribution < -0.4 is 14.8 Å². The molecule has 10 heteroatoms. The number of phenolic OH excluding ortho intramolecular Hbond substituents is 1. The standard InChI is InChI=1S/C22H26N2O7S/c1-12(2)30-22(27)21(26)23-16-9-13(3)20(14(4)10-16)31-17-7-8-18(25)19(11-17)32(28,29)24-15-5-6-15/h7-12,15,24-25H,5-6H2,1-4H3,(H,23,26). The Morgan fingerprint density at radius 2 is 1.72 bits per heavy atom. The van der Waals surface area contributed by atoms with Gasteiger partial charge in [0.2, 0.25) is 10.0 Å². The molecule has 2 aromatic rings. The fraction of sp³-hybridized carbons (Fsp3) is 0.364. The number of aromatic hydroxyl groups is 1. The molecule has 3 rings (SSSR count). The summed E-state index contributed by atoms with van der Waals surface area (Å²) < 4.78 is 38.3. The molecule has 0 radical (unpaired) electrons. The van der Waals surface area contributed by atoms with Gasteiger partial charge in [0, 0.05) is 17.8 Å². The topological polar surface area (TPSA) is 131 Å². The molecule has 0 unspecified atom stereocenters. The molecule has 32 heavy (non-hydrogen) atoms. The quantitative estimate of drug-likeness (QED) is 0.425. The highest BCUT2D eigenvalue weighted by molar-refractivity contribution is 7.89. The number of anilines is 1. The van der Waals surface area contributed by atoms with Crippen LogP contribution in [0.15, 0.2) is 35.2 Å². The lowest BCUT2D eigenvalue weighted by Crippen LogP contribution is -2.27. The number of hydrogen-bond acceptors (Lipinski definition) is 7. The lowest BCUT2D eigenvalue weighted by Gasteiger charge is -2.16. The predicted molar refractivity (Wildman–Crippen MR) is 117 cm³/mol. The first-order chi connectivity index (χ1) is 15.0. The zero-order chi connectivity index (χ0) is 23.6. The van der Waals surface area contributed by atoms with E-state index in [2.05, 4.69) is 10.0 Å². The number of rotatable bonds is 7.